The van der Waals surface area contributed by atoms with E-state index in [0.717, 1.165) is 32.7 Å². The molecule has 0 aromatic rings. The molecule has 0 aromatic carbocycles. The van der Waals surface area contributed by atoms with Gasteiger partial charge in [-0.3, -0.25) is 4.90 Å². The first-order valence-electron chi connectivity index (χ1n) is 6.85. The summed E-state index contributed by atoms with van der Waals surface area (Å²) in [5.41, 5.74) is 6.33. The molecule has 4 heteroatoms. The molecule has 0 amide bonds. The van der Waals surface area contributed by atoms with Crippen LogP contribution < -0.4 is 5.73 Å². The standard InChI is InChI=1S/C13H27N3O/c1-11-8-16(9-12(2)17-11)13(10-14)4-6-15(3)7-5-13/h11-12H,4-10,14H2,1-3H3. The van der Waals surface area contributed by atoms with Gasteiger partial charge in [-0.1, -0.05) is 0 Å². The van der Waals surface area contributed by atoms with Crippen LogP contribution in [-0.2, 0) is 4.74 Å². The van der Waals surface area contributed by atoms with Crippen LogP contribution in [0, 0.1) is 0 Å². The van der Waals surface area contributed by atoms with Gasteiger partial charge in [0.25, 0.3) is 0 Å². The summed E-state index contributed by atoms with van der Waals surface area (Å²) < 4.78 is 5.82. The fourth-order valence-electron chi connectivity index (χ4n) is 3.25. The molecule has 17 heavy (non-hydrogen) atoms. The zero-order valence-corrected chi connectivity index (χ0v) is 11.5. The molecule has 0 aromatic heterocycles. The molecule has 2 aliphatic rings. The summed E-state index contributed by atoms with van der Waals surface area (Å²) in [6, 6.07) is 0. The minimum atomic E-state index is 0.221. The maximum atomic E-state index is 6.10. The van der Waals surface area contributed by atoms with Crippen LogP contribution in [0.4, 0.5) is 0 Å². The maximum Gasteiger partial charge on any atom is 0.0678 e. The minimum Gasteiger partial charge on any atom is -0.373 e. The first-order valence-corrected chi connectivity index (χ1v) is 6.85. The first-order chi connectivity index (χ1) is 8.05. The van der Waals surface area contributed by atoms with E-state index < -0.39 is 0 Å². The Morgan fingerprint density at radius 3 is 2.18 bits per heavy atom. The van der Waals surface area contributed by atoms with Gasteiger partial charge < -0.3 is 15.4 Å². The monoisotopic (exact) mass is 241 g/mol. The lowest BCUT2D eigenvalue weighted by molar-refractivity contribution is -0.110. The molecular weight excluding hydrogens is 214 g/mol. The molecule has 0 radical (unpaired) electrons. The Labute approximate surface area is 105 Å². The van der Waals surface area contributed by atoms with E-state index in [4.69, 9.17) is 10.5 Å². The number of ether oxygens (including phenoxy) is 1. The van der Waals surface area contributed by atoms with Crippen molar-refractivity contribution in [2.45, 2.75) is 44.4 Å². The van der Waals surface area contributed by atoms with Crippen LogP contribution in [0.15, 0.2) is 0 Å². The van der Waals surface area contributed by atoms with Gasteiger partial charge in [0, 0.05) is 25.2 Å². The van der Waals surface area contributed by atoms with Crippen LogP contribution in [0.1, 0.15) is 26.7 Å². The van der Waals surface area contributed by atoms with E-state index in [-0.39, 0.29) is 5.54 Å². The Kier molecular flexibility index (Phi) is 4.08. The number of morpholine rings is 1. The third-order valence-electron chi connectivity index (χ3n) is 4.39. The summed E-state index contributed by atoms with van der Waals surface area (Å²) in [6.07, 6.45) is 3.06. The highest BCUT2D eigenvalue weighted by molar-refractivity contribution is 4.98. The Hall–Kier alpha value is -0.160. The molecule has 2 unspecified atom stereocenters. The molecule has 0 spiro atoms. The molecule has 2 heterocycles. The second kappa shape index (κ2) is 5.22. The summed E-state index contributed by atoms with van der Waals surface area (Å²) in [4.78, 5) is 5.00. The van der Waals surface area contributed by atoms with Crippen LogP contribution >= 0.6 is 0 Å². The van der Waals surface area contributed by atoms with Crippen molar-refractivity contribution in [2.24, 2.45) is 5.73 Å². The fourth-order valence-corrected chi connectivity index (χ4v) is 3.25. The number of rotatable bonds is 2. The number of nitrogens with two attached hydrogens (primary N) is 1. The molecule has 0 saturated carbocycles. The number of hydrogen-bond acceptors (Lipinski definition) is 4. The highest BCUT2D eigenvalue weighted by atomic mass is 16.5. The van der Waals surface area contributed by atoms with Gasteiger partial charge in [-0.25, -0.2) is 0 Å². The van der Waals surface area contributed by atoms with E-state index in [0.29, 0.717) is 12.2 Å². The summed E-state index contributed by atoms with van der Waals surface area (Å²) in [5, 5.41) is 0. The van der Waals surface area contributed by atoms with Crippen molar-refractivity contribution in [1.82, 2.24) is 9.80 Å². The minimum absolute atomic E-state index is 0.221. The SMILES string of the molecule is CC1CN(C2(CN)CCN(C)CC2)CC(C)O1. The average molecular weight is 241 g/mol. The summed E-state index contributed by atoms with van der Waals surface area (Å²) in [7, 11) is 2.20. The topological polar surface area (TPSA) is 41.7 Å². The molecule has 2 N–H and O–H groups in total. The van der Waals surface area contributed by atoms with Crippen LogP contribution in [0.5, 0.6) is 0 Å². The molecule has 2 atom stereocenters. The summed E-state index contributed by atoms with van der Waals surface area (Å²) >= 11 is 0. The normalized spacial score (nSPS) is 36.0. The van der Waals surface area contributed by atoms with Gasteiger partial charge in [-0.2, -0.15) is 0 Å². The molecule has 2 saturated heterocycles. The zero-order chi connectivity index (χ0) is 12.5. The summed E-state index contributed by atoms with van der Waals surface area (Å²) in [5.74, 6) is 0. The smallest absolute Gasteiger partial charge is 0.0678 e. The van der Waals surface area contributed by atoms with Gasteiger partial charge >= 0.3 is 0 Å². The lowest BCUT2D eigenvalue weighted by Crippen LogP contribution is -2.63. The van der Waals surface area contributed by atoms with E-state index in [2.05, 4.69) is 30.7 Å². The van der Waals surface area contributed by atoms with Gasteiger partial charge in [-0.15, -0.1) is 0 Å². The van der Waals surface area contributed by atoms with Crippen LogP contribution in [-0.4, -0.2) is 67.3 Å². The van der Waals surface area contributed by atoms with Gasteiger partial charge in [0.15, 0.2) is 0 Å². The maximum absolute atomic E-state index is 6.10. The van der Waals surface area contributed by atoms with Crippen LogP contribution in [0.3, 0.4) is 0 Å². The Bertz CT molecular complexity index is 241. The molecule has 2 rings (SSSR count). The van der Waals surface area contributed by atoms with Gasteiger partial charge in [-0.05, 0) is 46.8 Å². The molecule has 0 bridgehead atoms. The molecule has 4 nitrogen and oxygen atoms in total. The van der Waals surface area contributed by atoms with Crippen molar-refractivity contribution in [1.29, 1.82) is 0 Å². The zero-order valence-electron chi connectivity index (χ0n) is 11.5. The van der Waals surface area contributed by atoms with Crippen molar-refractivity contribution in [3.05, 3.63) is 0 Å². The van der Waals surface area contributed by atoms with Crippen LogP contribution in [0.2, 0.25) is 0 Å². The third-order valence-corrected chi connectivity index (χ3v) is 4.39. The Balaban J connectivity index is 2.06. The van der Waals surface area contributed by atoms with E-state index in [1.54, 1.807) is 0 Å². The number of hydrogen-bond donors (Lipinski definition) is 1. The van der Waals surface area contributed by atoms with Crippen molar-refractivity contribution in [3.63, 3.8) is 0 Å². The average Bonchev–Trinajstić information content (AvgIpc) is 2.29. The predicted molar refractivity (Wildman–Crippen MR) is 70.1 cm³/mol. The third kappa shape index (κ3) is 2.81. The number of piperidine rings is 1. The van der Waals surface area contributed by atoms with Crippen molar-refractivity contribution in [2.75, 3.05) is 39.8 Å². The van der Waals surface area contributed by atoms with Gasteiger partial charge in [0.05, 0.1) is 12.2 Å². The van der Waals surface area contributed by atoms with E-state index in [1.807, 2.05) is 0 Å². The lowest BCUT2D eigenvalue weighted by atomic mass is 9.85. The summed E-state index contributed by atoms with van der Waals surface area (Å²) in [6.45, 7) is 9.51. The molecule has 0 aliphatic carbocycles. The lowest BCUT2D eigenvalue weighted by Gasteiger charge is -2.51. The second-order valence-corrected chi connectivity index (χ2v) is 5.89. The predicted octanol–water partition coefficient (Wildman–Crippen LogP) is 0.519. The van der Waals surface area contributed by atoms with Gasteiger partial charge in [0.2, 0.25) is 0 Å². The Morgan fingerprint density at radius 1 is 1.18 bits per heavy atom. The quantitative estimate of drug-likeness (QED) is 0.765. The largest absolute Gasteiger partial charge is 0.373 e. The molecule has 2 fully saturated rings. The van der Waals surface area contributed by atoms with Crippen molar-refractivity contribution >= 4 is 0 Å². The van der Waals surface area contributed by atoms with E-state index >= 15 is 0 Å². The van der Waals surface area contributed by atoms with Crippen molar-refractivity contribution < 1.29 is 4.74 Å². The van der Waals surface area contributed by atoms with E-state index in [1.165, 1.54) is 12.8 Å². The first kappa shape index (κ1) is 13.3. The van der Waals surface area contributed by atoms with Crippen molar-refractivity contribution in [3.8, 4) is 0 Å². The molecule has 100 valence electrons. The van der Waals surface area contributed by atoms with Gasteiger partial charge in [0.1, 0.15) is 0 Å². The highest BCUT2D eigenvalue weighted by Crippen LogP contribution is 2.30. The highest BCUT2D eigenvalue weighted by Gasteiger charge is 2.40. The number of nitrogens with zero attached hydrogens (tertiary/aromatic N) is 2. The molecule has 2 aliphatic heterocycles. The van der Waals surface area contributed by atoms with E-state index in [9.17, 15) is 0 Å². The second-order valence-electron chi connectivity index (χ2n) is 5.89. The molecular formula is C13H27N3O. The Morgan fingerprint density at radius 2 is 1.71 bits per heavy atom. The fraction of sp³-hybridized carbons (Fsp3) is 1.00. The van der Waals surface area contributed by atoms with Crippen LogP contribution in [0.25, 0.3) is 0 Å². The number of likely N-dealkylation sites (tertiary alicyclic amines) is 1.